The quantitative estimate of drug-likeness (QED) is 0.649. The molecule has 0 atom stereocenters. The number of aryl methyl sites for hydroxylation is 1. The smallest absolute Gasteiger partial charge is 0.271 e. The first-order valence-corrected chi connectivity index (χ1v) is 5.17. The van der Waals surface area contributed by atoms with Gasteiger partial charge in [-0.1, -0.05) is 0 Å². The molecule has 0 saturated heterocycles. The van der Waals surface area contributed by atoms with E-state index >= 15 is 0 Å². The SMILES string of the molecule is Cc1cc(NCc2ccco2)cc([N+](=O)[O-])c1. The van der Waals surface area contributed by atoms with Gasteiger partial charge in [-0.25, -0.2) is 0 Å². The van der Waals surface area contributed by atoms with Crippen molar-refractivity contribution in [1.82, 2.24) is 0 Å². The summed E-state index contributed by atoms with van der Waals surface area (Å²) in [6.45, 7) is 2.33. The Balaban J connectivity index is 2.13. The number of benzene rings is 1. The Bertz CT molecular complexity index is 521. The zero-order valence-electron chi connectivity index (χ0n) is 9.34. The maximum Gasteiger partial charge on any atom is 0.271 e. The van der Waals surface area contributed by atoms with Crippen molar-refractivity contribution in [1.29, 1.82) is 0 Å². The first-order chi connectivity index (χ1) is 8.15. The summed E-state index contributed by atoms with van der Waals surface area (Å²) in [6.07, 6.45) is 1.59. The summed E-state index contributed by atoms with van der Waals surface area (Å²) in [6, 6.07) is 8.55. The molecule has 2 aromatic rings. The minimum atomic E-state index is -0.398. The van der Waals surface area contributed by atoms with Crippen LogP contribution in [0.1, 0.15) is 11.3 Å². The maximum atomic E-state index is 10.7. The van der Waals surface area contributed by atoms with Crippen molar-refractivity contribution in [2.45, 2.75) is 13.5 Å². The minimum absolute atomic E-state index is 0.0898. The number of furan rings is 1. The van der Waals surface area contributed by atoms with Gasteiger partial charge in [0.15, 0.2) is 0 Å². The van der Waals surface area contributed by atoms with Crippen LogP contribution in [0.25, 0.3) is 0 Å². The average Bonchev–Trinajstić information content (AvgIpc) is 2.78. The number of nitro groups is 1. The molecule has 0 amide bonds. The normalized spacial score (nSPS) is 10.2. The van der Waals surface area contributed by atoms with Crippen LogP contribution in [0.3, 0.4) is 0 Å². The lowest BCUT2D eigenvalue weighted by atomic mass is 10.2. The van der Waals surface area contributed by atoms with Crippen LogP contribution in [0.15, 0.2) is 41.0 Å². The second-order valence-electron chi connectivity index (χ2n) is 3.75. The van der Waals surface area contributed by atoms with E-state index in [1.54, 1.807) is 12.3 Å². The van der Waals surface area contributed by atoms with E-state index in [9.17, 15) is 10.1 Å². The third-order valence-electron chi connectivity index (χ3n) is 2.32. The molecule has 0 unspecified atom stereocenters. The Kier molecular flexibility index (Phi) is 3.09. The molecule has 5 heteroatoms. The van der Waals surface area contributed by atoms with Crippen LogP contribution in [0.4, 0.5) is 11.4 Å². The molecule has 0 aliphatic rings. The molecule has 1 aromatic heterocycles. The topological polar surface area (TPSA) is 68.3 Å². The highest BCUT2D eigenvalue weighted by molar-refractivity contribution is 5.53. The van der Waals surface area contributed by atoms with E-state index in [-0.39, 0.29) is 5.69 Å². The standard InChI is InChI=1S/C12H12N2O3/c1-9-5-10(7-11(6-9)14(15)16)13-8-12-3-2-4-17-12/h2-7,13H,8H2,1H3. The highest BCUT2D eigenvalue weighted by atomic mass is 16.6. The number of nitrogens with one attached hydrogen (secondary N) is 1. The van der Waals surface area contributed by atoms with E-state index < -0.39 is 4.92 Å². The fourth-order valence-corrected chi connectivity index (χ4v) is 1.57. The van der Waals surface area contributed by atoms with Crippen molar-refractivity contribution < 1.29 is 9.34 Å². The third kappa shape index (κ3) is 2.84. The predicted molar refractivity (Wildman–Crippen MR) is 63.9 cm³/mol. The Labute approximate surface area is 98.2 Å². The van der Waals surface area contributed by atoms with Gasteiger partial charge in [0, 0.05) is 17.8 Å². The highest BCUT2D eigenvalue weighted by Crippen LogP contribution is 2.20. The first-order valence-electron chi connectivity index (χ1n) is 5.17. The van der Waals surface area contributed by atoms with Gasteiger partial charge in [-0.05, 0) is 30.7 Å². The molecule has 0 aliphatic carbocycles. The summed E-state index contributed by atoms with van der Waals surface area (Å²) >= 11 is 0. The van der Waals surface area contributed by atoms with E-state index in [2.05, 4.69) is 5.32 Å². The van der Waals surface area contributed by atoms with Gasteiger partial charge in [0.2, 0.25) is 0 Å². The number of hydrogen-bond acceptors (Lipinski definition) is 4. The molecular formula is C12H12N2O3. The summed E-state index contributed by atoms with van der Waals surface area (Å²) in [5, 5.41) is 13.8. The van der Waals surface area contributed by atoms with Crippen LogP contribution in [0.5, 0.6) is 0 Å². The second-order valence-corrected chi connectivity index (χ2v) is 3.75. The second kappa shape index (κ2) is 4.69. The number of non-ortho nitro benzene ring substituents is 1. The summed E-state index contributed by atoms with van der Waals surface area (Å²) in [4.78, 5) is 10.3. The zero-order chi connectivity index (χ0) is 12.3. The zero-order valence-corrected chi connectivity index (χ0v) is 9.34. The molecule has 1 N–H and O–H groups in total. The third-order valence-corrected chi connectivity index (χ3v) is 2.32. The molecule has 0 spiro atoms. The van der Waals surface area contributed by atoms with Crippen LogP contribution in [0, 0.1) is 17.0 Å². The lowest BCUT2D eigenvalue weighted by Crippen LogP contribution is -1.99. The van der Waals surface area contributed by atoms with Gasteiger partial charge in [0.05, 0.1) is 17.7 Å². The molecular weight excluding hydrogens is 220 g/mol. The number of nitro benzene ring substituents is 1. The van der Waals surface area contributed by atoms with Gasteiger partial charge in [0.25, 0.3) is 5.69 Å². The lowest BCUT2D eigenvalue weighted by molar-refractivity contribution is -0.384. The monoisotopic (exact) mass is 232 g/mol. The van der Waals surface area contributed by atoms with E-state index in [1.165, 1.54) is 12.1 Å². The van der Waals surface area contributed by atoms with Gasteiger partial charge in [-0.3, -0.25) is 10.1 Å². The van der Waals surface area contributed by atoms with E-state index in [0.29, 0.717) is 12.2 Å². The summed E-state index contributed by atoms with van der Waals surface area (Å²) < 4.78 is 5.17. The molecule has 2 rings (SSSR count). The van der Waals surface area contributed by atoms with Crippen molar-refractivity contribution in [3.05, 3.63) is 58.0 Å². The van der Waals surface area contributed by atoms with Crippen LogP contribution in [0.2, 0.25) is 0 Å². The maximum absolute atomic E-state index is 10.7. The fraction of sp³-hybridized carbons (Fsp3) is 0.167. The molecule has 1 heterocycles. The summed E-state index contributed by atoms with van der Waals surface area (Å²) in [7, 11) is 0. The molecule has 0 aliphatic heterocycles. The fourth-order valence-electron chi connectivity index (χ4n) is 1.57. The number of anilines is 1. The Morgan fingerprint density at radius 2 is 2.24 bits per heavy atom. The van der Waals surface area contributed by atoms with Crippen LogP contribution in [-0.4, -0.2) is 4.92 Å². The molecule has 88 valence electrons. The Hall–Kier alpha value is -2.30. The van der Waals surface area contributed by atoms with Crippen molar-refractivity contribution in [3.63, 3.8) is 0 Å². The Morgan fingerprint density at radius 3 is 2.88 bits per heavy atom. The first kappa shape index (κ1) is 11.2. The molecule has 17 heavy (non-hydrogen) atoms. The van der Waals surface area contributed by atoms with Crippen molar-refractivity contribution >= 4 is 11.4 Å². The van der Waals surface area contributed by atoms with Gasteiger partial charge < -0.3 is 9.73 Å². The van der Waals surface area contributed by atoms with Crippen LogP contribution >= 0.6 is 0 Å². The number of hydrogen-bond donors (Lipinski definition) is 1. The van der Waals surface area contributed by atoms with E-state index in [0.717, 1.165) is 11.3 Å². The minimum Gasteiger partial charge on any atom is -0.467 e. The van der Waals surface area contributed by atoms with Crippen LogP contribution < -0.4 is 5.32 Å². The average molecular weight is 232 g/mol. The van der Waals surface area contributed by atoms with Gasteiger partial charge in [-0.15, -0.1) is 0 Å². The van der Waals surface area contributed by atoms with Crippen molar-refractivity contribution in [2.75, 3.05) is 5.32 Å². The largest absolute Gasteiger partial charge is 0.467 e. The van der Waals surface area contributed by atoms with Crippen molar-refractivity contribution in [2.24, 2.45) is 0 Å². The molecule has 0 bridgehead atoms. The molecule has 0 radical (unpaired) electrons. The van der Waals surface area contributed by atoms with Crippen LogP contribution in [-0.2, 0) is 6.54 Å². The van der Waals surface area contributed by atoms with Gasteiger partial charge >= 0.3 is 0 Å². The predicted octanol–water partition coefficient (Wildman–Crippen LogP) is 3.11. The molecule has 0 saturated carbocycles. The van der Waals surface area contributed by atoms with E-state index in [4.69, 9.17) is 4.42 Å². The molecule has 5 nitrogen and oxygen atoms in total. The van der Waals surface area contributed by atoms with Crippen molar-refractivity contribution in [3.8, 4) is 0 Å². The highest BCUT2D eigenvalue weighted by Gasteiger charge is 2.07. The Morgan fingerprint density at radius 1 is 1.41 bits per heavy atom. The molecule has 0 fully saturated rings. The lowest BCUT2D eigenvalue weighted by Gasteiger charge is -2.05. The number of rotatable bonds is 4. The van der Waals surface area contributed by atoms with E-state index in [1.807, 2.05) is 19.1 Å². The summed E-state index contributed by atoms with van der Waals surface area (Å²) in [5.41, 5.74) is 1.65. The summed E-state index contributed by atoms with van der Waals surface area (Å²) in [5.74, 6) is 0.786. The van der Waals surface area contributed by atoms with Gasteiger partial charge in [-0.2, -0.15) is 0 Å². The number of nitrogens with zero attached hydrogens (tertiary/aromatic N) is 1. The van der Waals surface area contributed by atoms with Gasteiger partial charge in [0.1, 0.15) is 5.76 Å². The molecule has 1 aromatic carbocycles.